The predicted octanol–water partition coefficient (Wildman–Crippen LogP) is 4.95. The van der Waals surface area contributed by atoms with Crippen LogP contribution in [0.5, 0.6) is 0 Å². The highest BCUT2D eigenvalue weighted by Crippen LogP contribution is 2.30. The molecule has 1 heterocycles. The molecular formula is C17H15BrFNO. The highest BCUT2D eigenvalue weighted by atomic mass is 79.9. The molecule has 0 amide bonds. The maximum Gasteiger partial charge on any atom is 0.137 e. The lowest BCUT2D eigenvalue weighted by Crippen LogP contribution is -2.17. The first kappa shape index (κ1) is 14.3. The molecule has 0 aliphatic heterocycles. The minimum absolute atomic E-state index is 0.180. The Hall–Kier alpha value is -1.65. The number of nitrogens with one attached hydrogen (secondary N) is 1. The lowest BCUT2D eigenvalue weighted by molar-refractivity contribution is 0.489. The van der Waals surface area contributed by atoms with Crippen LogP contribution in [-0.4, -0.2) is 7.05 Å². The van der Waals surface area contributed by atoms with Crippen molar-refractivity contribution in [2.75, 3.05) is 7.05 Å². The average Bonchev–Trinajstić information content (AvgIpc) is 2.86. The predicted molar refractivity (Wildman–Crippen MR) is 86.0 cm³/mol. The minimum Gasteiger partial charge on any atom is -0.459 e. The second-order valence-electron chi connectivity index (χ2n) is 5.09. The molecule has 0 radical (unpaired) electrons. The van der Waals surface area contributed by atoms with Crippen LogP contribution in [0.3, 0.4) is 0 Å². The Morgan fingerprint density at radius 3 is 2.67 bits per heavy atom. The number of halogens is 2. The summed E-state index contributed by atoms with van der Waals surface area (Å²) in [6.07, 6.45) is 0. The van der Waals surface area contributed by atoms with Gasteiger partial charge < -0.3 is 9.73 Å². The molecule has 0 saturated carbocycles. The third-order valence-electron chi connectivity index (χ3n) is 3.54. The summed E-state index contributed by atoms with van der Waals surface area (Å²) < 4.78 is 20.1. The lowest BCUT2D eigenvalue weighted by Gasteiger charge is -2.14. The van der Waals surface area contributed by atoms with E-state index in [0.717, 1.165) is 22.3 Å². The fourth-order valence-electron chi connectivity index (χ4n) is 2.49. The van der Waals surface area contributed by atoms with Crippen LogP contribution in [-0.2, 0) is 0 Å². The van der Waals surface area contributed by atoms with Crippen LogP contribution in [0.1, 0.15) is 22.9 Å². The van der Waals surface area contributed by atoms with E-state index in [0.29, 0.717) is 4.47 Å². The van der Waals surface area contributed by atoms with Gasteiger partial charge in [0.1, 0.15) is 17.2 Å². The molecule has 4 heteroatoms. The van der Waals surface area contributed by atoms with E-state index in [1.54, 1.807) is 6.07 Å². The second-order valence-corrected chi connectivity index (χ2v) is 5.94. The molecule has 108 valence electrons. The van der Waals surface area contributed by atoms with Crippen molar-refractivity contribution in [1.29, 1.82) is 0 Å². The molecule has 1 atom stereocenters. The third kappa shape index (κ3) is 2.74. The van der Waals surface area contributed by atoms with Crippen LogP contribution in [0.15, 0.2) is 51.4 Å². The van der Waals surface area contributed by atoms with Gasteiger partial charge in [-0.1, -0.05) is 17.7 Å². The van der Waals surface area contributed by atoms with Gasteiger partial charge in [0.25, 0.3) is 0 Å². The number of hydrogen-bond donors (Lipinski definition) is 1. The van der Waals surface area contributed by atoms with Gasteiger partial charge in [0.15, 0.2) is 0 Å². The number of benzene rings is 2. The van der Waals surface area contributed by atoms with Gasteiger partial charge in [-0.3, -0.25) is 0 Å². The van der Waals surface area contributed by atoms with Crippen molar-refractivity contribution in [1.82, 2.24) is 5.32 Å². The summed E-state index contributed by atoms with van der Waals surface area (Å²) in [4.78, 5) is 0. The molecule has 21 heavy (non-hydrogen) atoms. The molecule has 3 aromatic rings. The first-order chi connectivity index (χ1) is 10.1. The van der Waals surface area contributed by atoms with Gasteiger partial charge in [-0.05, 0) is 65.8 Å². The van der Waals surface area contributed by atoms with Crippen LogP contribution < -0.4 is 5.32 Å². The van der Waals surface area contributed by atoms with Crippen LogP contribution in [0.4, 0.5) is 4.39 Å². The molecule has 0 aliphatic rings. The maximum atomic E-state index is 13.7. The summed E-state index contributed by atoms with van der Waals surface area (Å²) in [7, 11) is 1.84. The highest BCUT2D eigenvalue weighted by Gasteiger charge is 2.18. The normalized spacial score (nSPS) is 12.8. The Labute approximate surface area is 131 Å². The molecule has 0 bridgehead atoms. The van der Waals surface area contributed by atoms with Crippen molar-refractivity contribution in [3.05, 3.63) is 69.6 Å². The van der Waals surface area contributed by atoms with Gasteiger partial charge in [-0.25, -0.2) is 4.39 Å². The molecule has 1 N–H and O–H groups in total. The Morgan fingerprint density at radius 1 is 1.14 bits per heavy atom. The fraction of sp³-hybridized carbons (Fsp3) is 0.176. The van der Waals surface area contributed by atoms with Gasteiger partial charge in [-0.2, -0.15) is 0 Å². The van der Waals surface area contributed by atoms with E-state index in [4.69, 9.17) is 4.42 Å². The van der Waals surface area contributed by atoms with Crippen molar-refractivity contribution in [2.45, 2.75) is 13.0 Å². The SMILES string of the molecule is CNC(c1ccc(Br)c(F)c1)c1cc2cc(C)ccc2o1. The Morgan fingerprint density at radius 2 is 1.95 bits per heavy atom. The molecule has 0 spiro atoms. The van der Waals surface area contributed by atoms with Crippen LogP contribution in [0.2, 0.25) is 0 Å². The minimum atomic E-state index is -0.278. The van der Waals surface area contributed by atoms with Crippen molar-refractivity contribution < 1.29 is 8.81 Å². The molecule has 0 saturated heterocycles. The van der Waals surface area contributed by atoms with Gasteiger partial charge in [0, 0.05) is 5.39 Å². The van der Waals surface area contributed by atoms with Crippen molar-refractivity contribution in [3.8, 4) is 0 Å². The highest BCUT2D eigenvalue weighted by molar-refractivity contribution is 9.10. The largest absolute Gasteiger partial charge is 0.459 e. The van der Waals surface area contributed by atoms with E-state index in [-0.39, 0.29) is 11.9 Å². The van der Waals surface area contributed by atoms with Crippen molar-refractivity contribution in [3.63, 3.8) is 0 Å². The fourth-order valence-corrected chi connectivity index (χ4v) is 2.74. The molecule has 1 aromatic heterocycles. The van der Waals surface area contributed by atoms with Gasteiger partial charge >= 0.3 is 0 Å². The van der Waals surface area contributed by atoms with E-state index >= 15 is 0 Å². The number of hydrogen-bond acceptors (Lipinski definition) is 2. The maximum absolute atomic E-state index is 13.7. The molecule has 3 rings (SSSR count). The zero-order valence-electron chi connectivity index (χ0n) is 11.8. The van der Waals surface area contributed by atoms with Crippen molar-refractivity contribution in [2.24, 2.45) is 0 Å². The topological polar surface area (TPSA) is 25.2 Å². The standard InChI is InChI=1S/C17H15BrFNO/c1-10-3-6-15-12(7-10)9-16(21-15)17(20-2)11-4-5-13(18)14(19)8-11/h3-9,17,20H,1-2H3. The summed E-state index contributed by atoms with van der Waals surface area (Å²) in [5, 5.41) is 4.24. The quantitative estimate of drug-likeness (QED) is 0.724. The molecule has 0 fully saturated rings. The first-order valence-electron chi connectivity index (χ1n) is 6.71. The van der Waals surface area contributed by atoms with E-state index in [9.17, 15) is 4.39 Å². The lowest BCUT2D eigenvalue weighted by atomic mass is 10.0. The molecule has 2 nitrogen and oxygen atoms in total. The molecule has 1 unspecified atom stereocenters. The average molecular weight is 348 g/mol. The van der Waals surface area contributed by atoms with Crippen LogP contribution in [0.25, 0.3) is 11.0 Å². The molecule has 2 aromatic carbocycles. The number of furan rings is 1. The smallest absolute Gasteiger partial charge is 0.137 e. The van der Waals surface area contributed by atoms with Gasteiger partial charge in [0.2, 0.25) is 0 Å². The van der Waals surface area contributed by atoms with Gasteiger partial charge in [-0.15, -0.1) is 0 Å². The monoisotopic (exact) mass is 347 g/mol. The van der Waals surface area contributed by atoms with Crippen LogP contribution >= 0.6 is 15.9 Å². The number of aryl methyl sites for hydroxylation is 1. The van der Waals surface area contributed by atoms with E-state index in [2.05, 4.69) is 27.3 Å². The summed E-state index contributed by atoms with van der Waals surface area (Å²) in [6.45, 7) is 2.05. The Balaban J connectivity index is 2.06. The first-order valence-corrected chi connectivity index (χ1v) is 7.50. The van der Waals surface area contributed by atoms with E-state index < -0.39 is 0 Å². The summed E-state index contributed by atoms with van der Waals surface area (Å²) >= 11 is 3.17. The summed E-state index contributed by atoms with van der Waals surface area (Å²) in [6, 6.07) is 13.0. The summed E-state index contributed by atoms with van der Waals surface area (Å²) in [5.74, 6) is 0.500. The van der Waals surface area contributed by atoms with Crippen LogP contribution in [0, 0.1) is 12.7 Å². The van der Waals surface area contributed by atoms with E-state index in [1.165, 1.54) is 11.6 Å². The van der Waals surface area contributed by atoms with Gasteiger partial charge in [0.05, 0.1) is 10.5 Å². The number of rotatable bonds is 3. The zero-order chi connectivity index (χ0) is 15.0. The Kier molecular flexibility index (Phi) is 3.83. The Bertz CT molecular complexity index is 797. The van der Waals surface area contributed by atoms with Crippen molar-refractivity contribution >= 4 is 26.9 Å². The number of fused-ring (bicyclic) bond motifs is 1. The molecule has 0 aliphatic carbocycles. The third-order valence-corrected chi connectivity index (χ3v) is 4.18. The zero-order valence-corrected chi connectivity index (χ0v) is 13.4. The summed E-state index contributed by atoms with van der Waals surface area (Å²) in [5.41, 5.74) is 2.85. The second kappa shape index (κ2) is 5.62. The molecular weight excluding hydrogens is 333 g/mol. The van der Waals surface area contributed by atoms with E-state index in [1.807, 2.05) is 38.2 Å².